The lowest BCUT2D eigenvalue weighted by Crippen LogP contribution is -2.44. The molecule has 0 aliphatic heterocycles. The maximum absolute atomic E-state index is 13.1. The summed E-state index contributed by atoms with van der Waals surface area (Å²) in [6, 6.07) is 6.60. The van der Waals surface area contributed by atoms with Crippen LogP contribution in [0.3, 0.4) is 0 Å². The smallest absolute Gasteiger partial charge is 0.311 e. The van der Waals surface area contributed by atoms with E-state index in [2.05, 4.69) is 25.1 Å². The van der Waals surface area contributed by atoms with E-state index in [1.54, 1.807) is 7.11 Å². The number of ketones is 1. The van der Waals surface area contributed by atoms with Gasteiger partial charge in [-0.05, 0) is 113 Å². The number of aryl methyl sites for hydroxylation is 1. The van der Waals surface area contributed by atoms with Crippen LogP contribution >= 0.6 is 0 Å². The molecule has 1 aromatic rings. The fraction of sp³-hybridized carbons (Fsp3) is 0.714. The molecule has 4 nitrogen and oxygen atoms in total. The molecule has 0 heterocycles. The Bertz CT molecular complexity index is 867. The Balaban J connectivity index is 1.42. The number of hydrogen-bond donors (Lipinski definition) is 0. The molecule has 0 radical (unpaired) electrons. The molecule has 4 rings (SSSR count). The lowest BCUT2D eigenvalue weighted by atomic mass is 9.54. The van der Waals surface area contributed by atoms with Crippen molar-refractivity contribution in [1.29, 1.82) is 0 Å². The Morgan fingerprint density at radius 2 is 1.97 bits per heavy atom. The van der Waals surface area contributed by atoms with Gasteiger partial charge in [0, 0.05) is 11.8 Å². The van der Waals surface area contributed by atoms with Crippen LogP contribution in [0, 0.1) is 28.6 Å². The van der Waals surface area contributed by atoms with E-state index >= 15 is 0 Å². The average Bonchev–Trinajstić information content (AvgIpc) is 3.02. The fourth-order valence-corrected chi connectivity index (χ4v) is 6.90. The van der Waals surface area contributed by atoms with E-state index in [0.29, 0.717) is 36.1 Å². The van der Waals surface area contributed by atoms with Gasteiger partial charge >= 0.3 is 5.97 Å². The van der Waals surface area contributed by atoms with Crippen molar-refractivity contribution in [2.24, 2.45) is 28.6 Å². The van der Waals surface area contributed by atoms with Crippen molar-refractivity contribution in [3.8, 4) is 5.75 Å². The molecule has 5 unspecified atom stereocenters. The SMILES string of the molecule is COc1ccc2c(c1)CCC1C2CCC2(C)C(=O)CC(CCCCOC(=O)C(C)(C)C)C12. The second-order valence-electron chi connectivity index (χ2n) is 11.6. The minimum atomic E-state index is -0.446. The summed E-state index contributed by atoms with van der Waals surface area (Å²) in [5.41, 5.74) is 2.35. The fourth-order valence-electron chi connectivity index (χ4n) is 6.90. The Kier molecular flexibility index (Phi) is 6.44. The Hall–Kier alpha value is -1.84. The summed E-state index contributed by atoms with van der Waals surface area (Å²) >= 11 is 0. The molecular weight excluding hydrogens is 400 g/mol. The molecule has 2 saturated carbocycles. The topological polar surface area (TPSA) is 52.6 Å². The third-order valence-electron chi connectivity index (χ3n) is 8.59. The van der Waals surface area contributed by atoms with Gasteiger partial charge in [-0.1, -0.05) is 13.0 Å². The van der Waals surface area contributed by atoms with E-state index in [1.165, 1.54) is 17.5 Å². The zero-order chi connectivity index (χ0) is 23.1. The first-order valence-electron chi connectivity index (χ1n) is 12.5. The Morgan fingerprint density at radius 3 is 2.69 bits per heavy atom. The highest BCUT2D eigenvalue weighted by atomic mass is 16.5. The van der Waals surface area contributed by atoms with Crippen molar-refractivity contribution in [1.82, 2.24) is 0 Å². The van der Waals surface area contributed by atoms with Crippen LogP contribution in [0.25, 0.3) is 0 Å². The number of carbonyl (C=O) groups is 2. The van der Waals surface area contributed by atoms with Crippen molar-refractivity contribution in [2.75, 3.05) is 13.7 Å². The van der Waals surface area contributed by atoms with Gasteiger partial charge in [0.15, 0.2) is 0 Å². The average molecular weight is 441 g/mol. The summed E-state index contributed by atoms with van der Waals surface area (Å²) < 4.78 is 10.9. The number of rotatable bonds is 6. The van der Waals surface area contributed by atoms with Gasteiger partial charge in [-0.2, -0.15) is 0 Å². The van der Waals surface area contributed by atoms with Crippen LogP contribution in [0.2, 0.25) is 0 Å². The first-order chi connectivity index (χ1) is 15.1. The van der Waals surface area contributed by atoms with E-state index in [-0.39, 0.29) is 11.4 Å². The number of carbonyl (C=O) groups excluding carboxylic acids is 2. The van der Waals surface area contributed by atoms with Gasteiger partial charge in [-0.25, -0.2) is 0 Å². The third-order valence-corrected chi connectivity index (χ3v) is 8.59. The largest absolute Gasteiger partial charge is 0.497 e. The summed E-state index contributed by atoms with van der Waals surface area (Å²) in [4.78, 5) is 25.1. The van der Waals surface area contributed by atoms with Crippen molar-refractivity contribution in [2.45, 2.75) is 85.0 Å². The van der Waals surface area contributed by atoms with Crippen LogP contribution in [0.5, 0.6) is 5.75 Å². The second-order valence-corrected chi connectivity index (χ2v) is 11.6. The maximum atomic E-state index is 13.1. The van der Waals surface area contributed by atoms with Gasteiger partial charge in [0.1, 0.15) is 11.5 Å². The van der Waals surface area contributed by atoms with Crippen LogP contribution in [-0.2, 0) is 20.7 Å². The van der Waals surface area contributed by atoms with Crippen LogP contribution in [0.1, 0.15) is 89.7 Å². The number of esters is 1. The number of Topliss-reactive ketones (excluding diaryl/α,β-unsaturated/α-hetero) is 1. The number of fused-ring (bicyclic) bond motifs is 5. The predicted octanol–water partition coefficient (Wildman–Crippen LogP) is 6.11. The van der Waals surface area contributed by atoms with Crippen LogP contribution in [0.4, 0.5) is 0 Å². The number of unbranched alkanes of at least 4 members (excludes halogenated alkanes) is 1. The highest BCUT2D eigenvalue weighted by Gasteiger charge is 2.58. The van der Waals surface area contributed by atoms with Crippen LogP contribution < -0.4 is 4.74 Å². The van der Waals surface area contributed by atoms with E-state index in [4.69, 9.17) is 9.47 Å². The molecule has 0 N–H and O–H groups in total. The van der Waals surface area contributed by atoms with Gasteiger partial charge in [-0.3, -0.25) is 9.59 Å². The molecule has 4 heteroatoms. The molecule has 2 fully saturated rings. The highest BCUT2D eigenvalue weighted by Crippen LogP contribution is 2.62. The molecule has 0 spiro atoms. The number of ether oxygens (including phenoxy) is 2. The summed E-state index contributed by atoms with van der Waals surface area (Å²) in [6.45, 7) is 8.40. The molecule has 0 aromatic heterocycles. The quantitative estimate of drug-likeness (QED) is 0.396. The molecule has 0 bridgehead atoms. The normalized spacial score (nSPS) is 31.5. The standard InChI is InChI=1S/C28H40O4/c1-27(2,3)26(30)32-15-7-6-8-19-17-24(29)28(4)14-13-22-21-12-10-20(31-5)16-18(21)9-11-23(22)25(19)28/h10,12,16,19,22-23,25H,6-9,11,13-15,17H2,1-5H3. The minimum absolute atomic E-state index is 0.131. The number of methoxy groups -OCH3 is 1. The molecule has 3 aliphatic rings. The van der Waals surface area contributed by atoms with Crippen molar-refractivity contribution in [3.05, 3.63) is 29.3 Å². The third kappa shape index (κ3) is 4.22. The van der Waals surface area contributed by atoms with E-state index in [9.17, 15) is 9.59 Å². The molecule has 0 amide bonds. The summed E-state index contributed by atoms with van der Waals surface area (Å²) in [7, 11) is 1.73. The van der Waals surface area contributed by atoms with Crippen molar-refractivity contribution in [3.63, 3.8) is 0 Å². The van der Waals surface area contributed by atoms with Crippen molar-refractivity contribution < 1.29 is 19.1 Å². The number of benzene rings is 1. The van der Waals surface area contributed by atoms with E-state index < -0.39 is 5.41 Å². The molecule has 32 heavy (non-hydrogen) atoms. The summed E-state index contributed by atoms with van der Waals surface area (Å²) in [5.74, 6) is 3.44. The number of hydrogen-bond acceptors (Lipinski definition) is 4. The lowest BCUT2D eigenvalue weighted by Gasteiger charge is -2.50. The summed E-state index contributed by atoms with van der Waals surface area (Å²) in [5, 5.41) is 0. The van der Waals surface area contributed by atoms with Crippen LogP contribution in [0.15, 0.2) is 18.2 Å². The Labute approximate surface area is 193 Å². The molecule has 1 aromatic carbocycles. The predicted molar refractivity (Wildman–Crippen MR) is 126 cm³/mol. The maximum Gasteiger partial charge on any atom is 0.311 e. The molecule has 5 atom stereocenters. The molecule has 3 aliphatic carbocycles. The zero-order valence-corrected chi connectivity index (χ0v) is 20.5. The highest BCUT2D eigenvalue weighted by molar-refractivity contribution is 5.87. The van der Waals surface area contributed by atoms with Gasteiger partial charge in [0.05, 0.1) is 19.1 Å². The summed E-state index contributed by atoms with van der Waals surface area (Å²) in [6.07, 6.45) is 8.11. The minimum Gasteiger partial charge on any atom is -0.497 e. The molecular formula is C28H40O4. The van der Waals surface area contributed by atoms with Gasteiger partial charge in [0.25, 0.3) is 0 Å². The van der Waals surface area contributed by atoms with E-state index in [1.807, 2.05) is 20.8 Å². The zero-order valence-electron chi connectivity index (χ0n) is 20.5. The Morgan fingerprint density at radius 1 is 1.19 bits per heavy atom. The van der Waals surface area contributed by atoms with Gasteiger partial charge in [0.2, 0.25) is 0 Å². The second kappa shape index (κ2) is 8.83. The molecule has 176 valence electrons. The first kappa shape index (κ1) is 23.3. The monoisotopic (exact) mass is 440 g/mol. The lowest BCUT2D eigenvalue weighted by molar-refractivity contribution is -0.153. The van der Waals surface area contributed by atoms with Gasteiger partial charge in [-0.15, -0.1) is 0 Å². The van der Waals surface area contributed by atoms with Gasteiger partial charge < -0.3 is 9.47 Å². The molecule has 0 saturated heterocycles. The first-order valence-corrected chi connectivity index (χ1v) is 12.5. The van der Waals surface area contributed by atoms with Crippen LogP contribution in [-0.4, -0.2) is 25.5 Å². The van der Waals surface area contributed by atoms with E-state index in [0.717, 1.165) is 50.7 Å². The van der Waals surface area contributed by atoms with Crippen molar-refractivity contribution >= 4 is 11.8 Å².